The summed E-state index contributed by atoms with van der Waals surface area (Å²) in [6.45, 7) is 30.5. The Hall–Kier alpha value is -1.38. The molecule has 0 aliphatic rings. The molecule has 12 heteroatoms. The number of carbonyl (C=O) groups excluding carboxylic acids is 2. The van der Waals surface area contributed by atoms with Gasteiger partial charge in [0.15, 0.2) is 0 Å². The Labute approximate surface area is 266 Å². The lowest BCUT2D eigenvalue weighted by molar-refractivity contribution is -0.514. The molecule has 0 N–H and O–H groups in total. The summed E-state index contributed by atoms with van der Waals surface area (Å²) in [5.74, 6) is -0.988. The van der Waals surface area contributed by atoms with Crippen molar-refractivity contribution in [2.24, 2.45) is 0 Å². The normalized spacial score (nSPS) is 13.3. The van der Waals surface area contributed by atoms with Gasteiger partial charge >= 0.3 is 11.9 Å². The van der Waals surface area contributed by atoms with Gasteiger partial charge in [0.1, 0.15) is 0 Å². The van der Waals surface area contributed by atoms with Crippen LogP contribution in [0.4, 0.5) is 0 Å². The van der Waals surface area contributed by atoms with Crippen LogP contribution in [-0.2, 0) is 58.8 Å². The molecule has 0 aromatic carbocycles. The van der Waals surface area contributed by atoms with Crippen molar-refractivity contribution in [3.8, 4) is 0 Å². The summed E-state index contributed by atoms with van der Waals surface area (Å²) in [5, 5.41) is 8.79. The quantitative estimate of drug-likeness (QED) is 0.0809. The van der Waals surface area contributed by atoms with Crippen LogP contribution in [0.2, 0.25) is 0 Å². The molecule has 0 radical (unpaired) electrons. The van der Waals surface area contributed by atoms with Gasteiger partial charge in [-0.05, 0) is 147 Å². The standard InChI is InChI=1S/C16H30O8.C16H34O4/c1-15(2,3)21-23-19-13(17)11-9-7-8-10-12-14(18)20-24-22-16(4,5)6;1-13(2,3)17-19-15(7,8)11-12-16(9,10)20-18-14(4,5)6/h7-12H2,1-6H3;11-12H2,1-10H3. The predicted octanol–water partition coefficient (Wildman–Crippen LogP) is 8.55. The third kappa shape index (κ3) is 35.1. The van der Waals surface area contributed by atoms with Gasteiger partial charge in [0.25, 0.3) is 0 Å². The molecule has 0 atom stereocenters. The van der Waals surface area contributed by atoms with Crippen LogP contribution in [0.3, 0.4) is 0 Å². The lowest BCUT2D eigenvalue weighted by Gasteiger charge is -2.33. The zero-order chi connectivity index (χ0) is 34.9. The van der Waals surface area contributed by atoms with E-state index in [1.54, 1.807) is 41.5 Å². The highest BCUT2D eigenvalue weighted by molar-refractivity contribution is 5.68. The molecule has 0 aromatic heterocycles. The van der Waals surface area contributed by atoms with E-state index in [1.807, 2.05) is 69.2 Å². The van der Waals surface area contributed by atoms with E-state index in [-0.39, 0.29) is 35.2 Å². The maximum atomic E-state index is 11.3. The summed E-state index contributed by atoms with van der Waals surface area (Å²) >= 11 is 0. The smallest absolute Gasteiger partial charge is 0.269 e. The van der Waals surface area contributed by atoms with E-state index < -0.39 is 23.1 Å². The molecule has 0 amide bonds. The Balaban J connectivity index is 0. The van der Waals surface area contributed by atoms with Gasteiger partial charge in [-0.25, -0.2) is 29.1 Å². The lowest BCUT2D eigenvalue weighted by Crippen LogP contribution is -2.35. The molecular weight excluding hydrogens is 576 g/mol. The molecule has 0 unspecified atom stereocenters. The van der Waals surface area contributed by atoms with Crippen LogP contribution in [0.1, 0.15) is 162 Å². The van der Waals surface area contributed by atoms with Crippen LogP contribution in [0.5, 0.6) is 0 Å². The van der Waals surface area contributed by atoms with Crippen molar-refractivity contribution in [3.05, 3.63) is 0 Å². The Morgan fingerprint density at radius 3 is 0.909 bits per heavy atom. The van der Waals surface area contributed by atoms with Crippen molar-refractivity contribution in [2.45, 2.75) is 196 Å². The van der Waals surface area contributed by atoms with E-state index in [2.05, 4.69) is 19.9 Å². The summed E-state index contributed by atoms with van der Waals surface area (Å²) in [4.78, 5) is 63.1. The average molecular weight is 641 g/mol. The number of unbranched alkanes of at least 4 members (excludes halogenated alkanes) is 3. The van der Waals surface area contributed by atoms with Crippen LogP contribution in [0.25, 0.3) is 0 Å². The topological polar surface area (TPSA) is 126 Å². The molecule has 0 aliphatic heterocycles. The third-order valence-corrected chi connectivity index (χ3v) is 4.70. The average Bonchev–Trinajstić information content (AvgIpc) is 2.81. The molecule has 0 bridgehead atoms. The summed E-state index contributed by atoms with van der Waals surface area (Å²) in [6, 6.07) is 0. The SMILES string of the molecule is CC(C)(C)OOC(C)(C)CCC(C)(C)OOC(C)(C)C.CC(C)(C)OOOC(=O)CCCCCCC(=O)OOOC(C)(C)C. The van der Waals surface area contributed by atoms with Gasteiger partial charge < -0.3 is 0 Å². The highest BCUT2D eigenvalue weighted by Crippen LogP contribution is 2.27. The lowest BCUT2D eigenvalue weighted by atomic mass is 9.94. The molecule has 0 saturated carbocycles. The fraction of sp³-hybridized carbons (Fsp3) is 0.938. The van der Waals surface area contributed by atoms with E-state index in [4.69, 9.17) is 29.3 Å². The van der Waals surface area contributed by atoms with Gasteiger partial charge in [-0.15, -0.1) is 0 Å². The predicted molar refractivity (Wildman–Crippen MR) is 165 cm³/mol. The van der Waals surface area contributed by atoms with Crippen LogP contribution in [-0.4, -0.2) is 45.5 Å². The minimum Gasteiger partial charge on any atom is -0.269 e. The van der Waals surface area contributed by atoms with Crippen LogP contribution in [0, 0.1) is 0 Å². The highest BCUT2D eigenvalue weighted by atomic mass is 17.5. The first-order chi connectivity index (χ1) is 19.6. The number of rotatable bonds is 18. The first kappa shape index (κ1) is 44.7. The van der Waals surface area contributed by atoms with E-state index in [9.17, 15) is 9.59 Å². The molecule has 0 saturated heterocycles. The Morgan fingerprint density at radius 1 is 0.386 bits per heavy atom. The number of carbonyl (C=O) groups is 2. The van der Waals surface area contributed by atoms with E-state index >= 15 is 0 Å². The van der Waals surface area contributed by atoms with E-state index in [0.717, 1.165) is 25.7 Å². The van der Waals surface area contributed by atoms with Crippen molar-refractivity contribution in [1.29, 1.82) is 0 Å². The molecule has 0 heterocycles. The fourth-order valence-electron chi connectivity index (χ4n) is 2.45. The van der Waals surface area contributed by atoms with Crippen molar-refractivity contribution in [2.75, 3.05) is 0 Å². The Morgan fingerprint density at radius 2 is 0.659 bits per heavy atom. The summed E-state index contributed by atoms with van der Waals surface area (Å²) < 4.78 is 0. The molecule has 12 nitrogen and oxygen atoms in total. The second kappa shape index (κ2) is 20.0. The molecule has 0 aromatic rings. The zero-order valence-electron chi connectivity index (χ0n) is 30.6. The van der Waals surface area contributed by atoms with Crippen molar-refractivity contribution >= 4 is 11.9 Å². The Kier molecular flexibility index (Phi) is 20.3. The first-order valence-corrected chi connectivity index (χ1v) is 15.5. The zero-order valence-corrected chi connectivity index (χ0v) is 30.6. The molecule has 0 aliphatic carbocycles. The second-order valence-electron chi connectivity index (χ2n) is 15.9. The van der Waals surface area contributed by atoms with Crippen LogP contribution >= 0.6 is 0 Å². The van der Waals surface area contributed by atoms with Crippen molar-refractivity contribution in [3.63, 3.8) is 0 Å². The first-order valence-electron chi connectivity index (χ1n) is 15.5. The molecule has 0 spiro atoms. The molecule has 0 rings (SSSR count). The molecule has 0 fully saturated rings. The van der Waals surface area contributed by atoms with Crippen LogP contribution < -0.4 is 0 Å². The summed E-state index contributed by atoms with van der Waals surface area (Å²) in [5.41, 5.74) is -2.43. The summed E-state index contributed by atoms with van der Waals surface area (Å²) in [7, 11) is 0. The van der Waals surface area contributed by atoms with E-state index in [1.165, 1.54) is 0 Å². The van der Waals surface area contributed by atoms with Gasteiger partial charge in [-0.3, -0.25) is 9.78 Å². The maximum Gasteiger partial charge on any atom is 0.345 e. The van der Waals surface area contributed by atoms with Gasteiger partial charge in [-0.1, -0.05) is 12.8 Å². The molecule has 264 valence electrons. The monoisotopic (exact) mass is 640 g/mol. The summed E-state index contributed by atoms with van der Waals surface area (Å²) in [6.07, 6.45) is 4.89. The molecular formula is C32H64O12. The number of hydrogen-bond donors (Lipinski definition) is 0. The maximum absolute atomic E-state index is 11.3. The highest BCUT2D eigenvalue weighted by Gasteiger charge is 2.30. The van der Waals surface area contributed by atoms with Gasteiger partial charge in [0.2, 0.25) is 0 Å². The van der Waals surface area contributed by atoms with Gasteiger partial charge in [-0.2, -0.15) is 9.78 Å². The van der Waals surface area contributed by atoms with Crippen molar-refractivity contribution < 1.29 is 58.8 Å². The second-order valence-corrected chi connectivity index (χ2v) is 15.9. The third-order valence-electron chi connectivity index (χ3n) is 4.70. The minimum absolute atomic E-state index is 0.223. The van der Waals surface area contributed by atoms with Crippen molar-refractivity contribution in [1.82, 2.24) is 0 Å². The largest absolute Gasteiger partial charge is 0.345 e. The van der Waals surface area contributed by atoms with Gasteiger partial charge in [0, 0.05) is 12.8 Å². The molecule has 44 heavy (non-hydrogen) atoms. The van der Waals surface area contributed by atoms with Crippen LogP contribution in [0.15, 0.2) is 0 Å². The number of hydrogen-bond acceptors (Lipinski definition) is 12. The van der Waals surface area contributed by atoms with E-state index in [0.29, 0.717) is 12.8 Å². The van der Waals surface area contributed by atoms with Gasteiger partial charge in [0.05, 0.1) is 33.6 Å². The fourth-order valence-corrected chi connectivity index (χ4v) is 2.45. The Bertz CT molecular complexity index is 715. The minimum atomic E-state index is -0.545.